The predicted octanol–water partition coefficient (Wildman–Crippen LogP) is 3.93. The number of nitrogens with zero attached hydrogens (tertiary/aromatic N) is 1. The SMILES string of the molecule is C[C@@]12CCC[C@H]1[C@@H]1C(=O)C(=O)C3CC(=NO[C@@H]4CCNC4)CC[C@]3(C)[C@H]1CC2.Cl. The summed E-state index contributed by atoms with van der Waals surface area (Å²) in [6.45, 7) is 6.50. The molecule has 1 heterocycles. The molecule has 1 aliphatic heterocycles. The Bertz CT molecular complexity index is 719. The van der Waals surface area contributed by atoms with Gasteiger partial charge < -0.3 is 10.2 Å². The summed E-state index contributed by atoms with van der Waals surface area (Å²) in [6.07, 6.45) is 9.53. The molecule has 0 radical (unpaired) electrons. The molecular weight excluding hydrogens is 388 g/mol. The van der Waals surface area contributed by atoms with Gasteiger partial charge in [0.05, 0.1) is 5.71 Å². The van der Waals surface area contributed by atoms with Gasteiger partial charge in [0.2, 0.25) is 11.6 Å². The van der Waals surface area contributed by atoms with E-state index in [4.69, 9.17) is 4.84 Å². The van der Waals surface area contributed by atoms with E-state index in [1.54, 1.807) is 0 Å². The molecule has 1 saturated heterocycles. The van der Waals surface area contributed by atoms with Crippen molar-refractivity contribution in [3.63, 3.8) is 0 Å². The van der Waals surface area contributed by atoms with E-state index in [1.165, 1.54) is 19.3 Å². The van der Waals surface area contributed by atoms with Crippen molar-refractivity contribution < 1.29 is 14.4 Å². The molecule has 29 heavy (non-hydrogen) atoms. The number of rotatable bonds is 2. The van der Waals surface area contributed by atoms with Crippen LogP contribution < -0.4 is 5.32 Å². The fourth-order valence-corrected chi connectivity index (χ4v) is 7.51. The van der Waals surface area contributed by atoms with E-state index in [0.29, 0.717) is 18.3 Å². The molecule has 0 aromatic rings. The molecule has 0 bridgehead atoms. The molecule has 5 fully saturated rings. The molecule has 0 aromatic carbocycles. The molecule has 162 valence electrons. The van der Waals surface area contributed by atoms with E-state index < -0.39 is 0 Å². The Kier molecular flexibility index (Phi) is 5.61. The molecule has 4 aliphatic carbocycles. The van der Waals surface area contributed by atoms with Crippen LogP contribution in [0.1, 0.15) is 71.6 Å². The third-order valence-corrected chi connectivity index (χ3v) is 9.29. The maximum atomic E-state index is 13.3. The summed E-state index contributed by atoms with van der Waals surface area (Å²) in [5.41, 5.74) is 1.22. The minimum atomic E-state index is -0.190. The molecule has 0 aromatic heterocycles. The number of nitrogens with one attached hydrogen (secondary N) is 1. The topological polar surface area (TPSA) is 67.8 Å². The Morgan fingerprint density at radius 3 is 2.62 bits per heavy atom. The van der Waals surface area contributed by atoms with Crippen molar-refractivity contribution in [2.24, 2.45) is 39.7 Å². The lowest BCUT2D eigenvalue weighted by molar-refractivity contribution is -0.164. The second kappa shape index (κ2) is 7.64. The lowest BCUT2D eigenvalue weighted by Crippen LogP contribution is -2.60. The monoisotopic (exact) mass is 422 g/mol. The summed E-state index contributed by atoms with van der Waals surface area (Å²) in [6, 6.07) is 0. The van der Waals surface area contributed by atoms with Gasteiger partial charge in [0, 0.05) is 24.8 Å². The van der Waals surface area contributed by atoms with E-state index in [1.807, 2.05) is 0 Å². The van der Waals surface area contributed by atoms with Gasteiger partial charge in [-0.05, 0) is 74.2 Å². The van der Waals surface area contributed by atoms with Gasteiger partial charge in [-0.2, -0.15) is 0 Å². The number of hydrogen-bond donors (Lipinski definition) is 1. The Hall–Kier alpha value is -0.940. The second-order valence-electron chi connectivity index (χ2n) is 10.7. The van der Waals surface area contributed by atoms with E-state index in [-0.39, 0.29) is 52.7 Å². The summed E-state index contributed by atoms with van der Waals surface area (Å²) in [5, 5.41) is 7.71. The van der Waals surface area contributed by atoms with Crippen molar-refractivity contribution in [3.05, 3.63) is 0 Å². The first-order valence-electron chi connectivity index (χ1n) is 11.4. The molecule has 5 rings (SSSR count). The maximum absolute atomic E-state index is 13.3. The van der Waals surface area contributed by atoms with Crippen molar-refractivity contribution in [1.29, 1.82) is 0 Å². The maximum Gasteiger partial charge on any atom is 0.202 e. The molecule has 0 spiro atoms. The van der Waals surface area contributed by atoms with Crippen LogP contribution in [0.15, 0.2) is 5.16 Å². The molecule has 7 atom stereocenters. The number of oxime groups is 1. The van der Waals surface area contributed by atoms with Crippen molar-refractivity contribution in [3.8, 4) is 0 Å². The number of carbonyl (C=O) groups excluding carboxylic acids is 2. The molecule has 0 amide bonds. The van der Waals surface area contributed by atoms with E-state index in [0.717, 1.165) is 50.9 Å². The minimum absolute atomic E-state index is 0. The summed E-state index contributed by atoms with van der Waals surface area (Å²) in [4.78, 5) is 32.3. The van der Waals surface area contributed by atoms with Gasteiger partial charge in [-0.3, -0.25) is 9.59 Å². The fourth-order valence-electron chi connectivity index (χ4n) is 7.51. The quantitative estimate of drug-likeness (QED) is 0.540. The first-order chi connectivity index (χ1) is 13.4. The molecule has 1 unspecified atom stereocenters. The number of ketones is 2. The Morgan fingerprint density at radius 2 is 1.86 bits per heavy atom. The summed E-state index contributed by atoms with van der Waals surface area (Å²) in [7, 11) is 0. The van der Waals surface area contributed by atoms with Crippen molar-refractivity contribution >= 4 is 29.7 Å². The molecule has 5 nitrogen and oxygen atoms in total. The number of hydrogen-bond acceptors (Lipinski definition) is 5. The van der Waals surface area contributed by atoms with Crippen molar-refractivity contribution in [1.82, 2.24) is 5.32 Å². The van der Waals surface area contributed by atoms with Crippen LogP contribution >= 0.6 is 12.4 Å². The van der Waals surface area contributed by atoms with Crippen molar-refractivity contribution in [2.45, 2.75) is 77.7 Å². The van der Waals surface area contributed by atoms with Gasteiger partial charge in [0.25, 0.3) is 0 Å². The van der Waals surface area contributed by atoms with Crippen LogP contribution in [-0.2, 0) is 14.4 Å². The summed E-state index contributed by atoms with van der Waals surface area (Å²) in [5.74, 6) is 0.440. The lowest BCUT2D eigenvalue weighted by Gasteiger charge is -2.58. The fraction of sp³-hybridized carbons (Fsp3) is 0.870. The van der Waals surface area contributed by atoms with E-state index >= 15 is 0 Å². The normalized spacial score (nSPS) is 47.9. The van der Waals surface area contributed by atoms with Crippen LogP contribution in [0.2, 0.25) is 0 Å². The Morgan fingerprint density at radius 1 is 1.03 bits per heavy atom. The van der Waals surface area contributed by atoms with E-state index in [2.05, 4.69) is 24.3 Å². The highest BCUT2D eigenvalue weighted by molar-refractivity contribution is 6.40. The van der Waals surface area contributed by atoms with Crippen LogP contribution in [0.25, 0.3) is 0 Å². The largest absolute Gasteiger partial charge is 0.391 e. The summed E-state index contributed by atoms with van der Waals surface area (Å²) >= 11 is 0. The highest BCUT2D eigenvalue weighted by Crippen LogP contribution is 2.64. The highest BCUT2D eigenvalue weighted by Gasteiger charge is 2.63. The zero-order valence-electron chi connectivity index (χ0n) is 17.7. The van der Waals surface area contributed by atoms with Crippen LogP contribution in [0.4, 0.5) is 0 Å². The second-order valence-corrected chi connectivity index (χ2v) is 10.7. The molecular formula is C23H35ClN2O3. The molecule has 1 N–H and O–H groups in total. The van der Waals surface area contributed by atoms with Crippen LogP contribution in [0.5, 0.6) is 0 Å². The number of Topliss-reactive ketones (excluding diaryl/α,β-unsaturated/α-hetero) is 2. The zero-order chi connectivity index (χ0) is 19.5. The van der Waals surface area contributed by atoms with Gasteiger partial charge in [-0.15, -0.1) is 12.4 Å². The van der Waals surface area contributed by atoms with Crippen LogP contribution in [-0.4, -0.2) is 36.5 Å². The van der Waals surface area contributed by atoms with Crippen LogP contribution in [0.3, 0.4) is 0 Å². The number of fused-ring (bicyclic) bond motifs is 5. The third-order valence-electron chi connectivity index (χ3n) is 9.29. The average Bonchev–Trinajstić information content (AvgIpc) is 3.33. The number of halogens is 1. The molecule has 6 heteroatoms. The number of carbonyl (C=O) groups is 2. The summed E-state index contributed by atoms with van der Waals surface area (Å²) < 4.78 is 0. The molecule has 4 saturated carbocycles. The van der Waals surface area contributed by atoms with Gasteiger partial charge in [0.1, 0.15) is 6.10 Å². The first-order valence-corrected chi connectivity index (χ1v) is 11.4. The van der Waals surface area contributed by atoms with Crippen molar-refractivity contribution in [2.75, 3.05) is 13.1 Å². The van der Waals surface area contributed by atoms with Gasteiger partial charge >= 0.3 is 0 Å². The highest BCUT2D eigenvalue weighted by atomic mass is 35.5. The zero-order valence-corrected chi connectivity index (χ0v) is 18.6. The minimum Gasteiger partial charge on any atom is -0.391 e. The van der Waals surface area contributed by atoms with E-state index in [9.17, 15) is 9.59 Å². The average molecular weight is 423 g/mol. The standard InChI is InChI=1S/C23H34N2O3.ClH/c1-22-8-3-4-16(22)19-17(6-9-22)23(2)10-5-14(12-18(23)20(26)21(19)27)25-28-15-7-11-24-13-15;/h15-19,24H,3-13H2,1-2H3;1H/t15-,16+,17+,18?,19+,22+,23-;/m1./s1. The van der Waals surface area contributed by atoms with Gasteiger partial charge in [0.15, 0.2) is 0 Å². The van der Waals surface area contributed by atoms with Gasteiger partial charge in [-0.25, -0.2) is 0 Å². The van der Waals surface area contributed by atoms with Gasteiger partial charge in [-0.1, -0.05) is 25.4 Å². The first kappa shape index (κ1) is 21.3. The predicted molar refractivity (Wildman–Crippen MR) is 114 cm³/mol. The third kappa shape index (κ3) is 3.27. The lowest BCUT2D eigenvalue weighted by atomic mass is 9.44. The molecule has 5 aliphatic rings. The smallest absolute Gasteiger partial charge is 0.202 e. The Balaban J connectivity index is 0.00000205. The van der Waals surface area contributed by atoms with Crippen LogP contribution in [0, 0.1) is 34.5 Å². The Labute approximate surface area is 180 Å².